The average Bonchev–Trinajstić information content (AvgIpc) is 2.93. The Kier molecular flexibility index (Phi) is 5.55. The van der Waals surface area contributed by atoms with Crippen LogP contribution >= 0.6 is 11.3 Å². The van der Waals surface area contributed by atoms with Crippen LogP contribution in [0.1, 0.15) is 54.2 Å². The summed E-state index contributed by atoms with van der Waals surface area (Å²) in [5.41, 5.74) is 2.21. The maximum atomic E-state index is 11.1. The number of carboxylic acid groups (broad SMARTS) is 1. The number of hydrogen-bond acceptors (Lipinski definition) is 4. The number of benzene rings is 1. The van der Waals surface area contributed by atoms with E-state index in [-0.39, 0.29) is 17.9 Å². The van der Waals surface area contributed by atoms with Crippen LogP contribution in [0.5, 0.6) is 0 Å². The third kappa shape index (κ3) is 5.15. The minimum atomic E-state index is -0.803. The Morgan fingerprint density at radius 2 is 1.96 bits per heavy atom. The second-order valence-corrected chi connectivity index (χ2v) is 7.94. The summed E-state index contributed by atoms with van der Waals surface area (Å²) in [6.07, 6.45) is 1.94. The molecule has 1 aromatic carbocycles. The van der Waals surface area contributed by atoms with Crippen LogP contribution in [0.15, 0.2) is 30.5 Å². The SMILES string of the molecule is Cc1ccc(C(CC(=O)O)NCc2cnc(C(C)(C)C)s2)cc1. The number of thiazole rings is 1. The van der Waals surface area contributed by atoms with Gasteiger partial charge in [-0.2, -0.15) is 0 Å². The molecule has 1 aromatic heterocycles. The number of nitrogens with zero attached hydrogens (tertiary/aromatic N) is 1. The van der Waals surface area contributed by atoms with Crippen LogP contribution in [0, 0.1) is 6.92 Å². The molecule has 5 heteroatoms. The highest BCUT2D eigenvalue weighted by Crippen LogP contribution is 2.27. The van der Waals surface area contributed by atoms with Crippen LogP contribution in [0.2, 0.25) is 0 Å². The van der Waals surface area contributed by atoms with Gasteiger partial charge < -0.3 is 10.4 Å². The number of rotatable bonds is 6. The molecular weight excluding hydrogens is 308 g/mol. The summed E-state index contributed by atoms with van der Waals surface area (Å²) in [5, 5.41) is 13.6. The van der Waals surface area contributed by atoms with E-state index >= 15 is 0 Å². The van der Waals surface area contributed by atoms with Gasteiger partial charge in [0.05, 0.1) is 11.4 Å². The Morgan fingerprint density at radius 3 is 2.48 bits per heavy atom. The monoisotopic (exact) mass is 332 g/mol. The number of nitrogens with one attached hydrogen (secondary N) is 1. The molecule has 0 saturated heterocycles. The molecular formula is C18H24N2O2S. The molecule has 0 fully saturated rings. The fraction of sp³-hybridized carbons (Fsp3) is 0.444. The number of aromatic nitrogens is 1. The summed E-state index contributed by atoms with van der Waals surface area (Å²) in [7, 11) is 0. The summed E-state index contributed by atoms with van der Waals surface area (Å²) in [4.78, 5) is 16.7. The highest BCUT2D eigenvalue weighted by Gasteiger charge is 2.19. The highest BCUT2D eigenvalue weighted by molar-refractivity contribution is 7.11. The zero-order valence-electron chi connectivity index (χ0n) is 14.1. The zero-order valence-corrected chi connectivity index (χ0v) is 14.9. The van der Waals surface area contributed by atoms with Gasteiger partial charge in [0.25, 0.3) is 0 Å². The van der Waals surface area contributed by atoms with Crippen LogP contribution in [-0.4, -0.2) is 16.1 Å². The predicted molar refractivity (Wildman–Crippen MR) is 93.8 cm³/mol. The van der Waals surface area contributed by atoms with Crippen molar-refractivity contribution >= 4 is 17.3 Å². The lowest BCUT2D eigenvalue weighted by Gasteiger charge is -2.17. The summed E-state index contributed by atoms with van der Waals surface area (Å²) in [6.45, 7) is 9.07. The van der Waals surface area contributed by atoms with Crippen LogP contribution in [0.3, 0.4) is 0 Å². The van der Waals surface area contributed by atoms with Crippen molar-refractivity contribution < 1.29 is 9.90 Å². The molecule has 1 unspecified atom stereocenters. The lowest BCUT2D eigenvalue weighted by molar-refractivity contribution is -0.137. The first kappa shape index (κ1) is 17.6. The van der Waals surface area contributed by atoms with Gasteiger partial charge in [-0.15, -0.1) is 11.3 Å². The first-order chi connectivity index (χ1) is 10.8. The van der Waals surface area contributed by atoms with Crippen molar-refractivity contribution in [2.45, 2.75) is 52.1 Å². The smallest absolute Gasteiger partial charge is 0.305 e. The Balaban J connectivity index is 2.08. The summed E-state index contributed by atoms with van der Waals surface area (Å²) >= 11 is 1.68. The molecule has 4 nitrogen and oxygen atoms in total. The molecule has 0 bridgehead atoms. The lowest BCUT2D eigenvalue weighted by atomic mass is 9.98. The van der Waals surface area contributed by atoms with E-state index in [1.165, 1.54) is 5.56 Å². The van der Waals surface area contributed by atoms with Gasteiger partial charge in [0.1, 0.15) is 0 Å². The van der Waals surface area contributed by atoms with Crippen molar-refractivity contribution in [3.63, 3.8) is 0 Å². The Bertz CT molecular complexity index is 656. The average molecular weight is 332 g/mol. The predicted octanol–water partition coefficient (Wildman–Crippen LogP) is 4.05. The van der Waals surface area contributed by atoms with Crippen LogP contribution in [-0.2, 0) is 16.8 Å². The van der Waals surface area contributed by atoms with Crippen LogP contribution < -0.4 is 5.32 Å². The summed E-state index contributed by atoms with van der Waals surface area (Å²) in [5.74, 6) is -0.803. The fourth-order valence-corrected chi connectivity index (χ4v) is 3.16. The molecule has 2 aromatic rings. The molecule has 124 valence electrons. The Labute approximate surface area is 141 Å². The van der Waals surface area contributed by atoms with E-state index in [0.29, 0.717) is 6.54 Å². The molecule has 0 aliphatic carbocycles. The molecule has 0 spiro atoms. The third-order valence-electron chi connectivity index (χ3n) is 3.58. The van der Waals surface area contributed by atoms with Gasteiger partial charge in [-0.3, -0.25) is 4.79 Å². The molecule has 0 radical (unpaired) electrons. The van der Waals surface area contributed by atoms with Gasteiger partial charge >= 0.3 is 5.97 Å². The molecule has 0 saturated carbocycles. The van der Waals surface area contributed by atoms with Crippen molar-refractivity contribution in [2.24, 2.45) is 0 Å². The van der Waals surface area contributed by atoms with E-state index in [4.69, 9.17) is 5.11 Å². The molecule has 1 heterocycles. The van der Waals surface area contributed by atoms with Gasteiger partial charge in [0.15, 0.2) is 0 Å². The lowest BCUT2D eigenvalue weighted by Crippen LogP contribution is -2.23. The summed E-state index contributed by atoms with van der Waals surface area (Å²) < 4.78 is 0. The topological polar surface area (TPSA) is 62.2 Å². The number of aliphatic carboxylic acids is 1. The van der Waals surface area contributed by atoms with Crippen molar-refractivity contribution in [3.05, 3.63) is 51.5 Å². The largest absolute Gasteiger partial charge is 0.481 e. The van der Waals surface area contributed by atoms with Crippen molar-refractivity contribution in [1.29, 1.82) is 0 Å². The van der Waals surface area contributed by atoms with Gasteiger partial charge in [-0.05, 0) is 12.5 Å². The molecule has 0 aliphatic rings. The molecule has 0 amide bonds. The first-order valence-electron chi connectivity index (χ1n) is 7.72. The normalized spacial score (nSPS) is 13.0. The van der Waals surface area contributed by atoms with Crippen LogP contribution in [0.25, 0.3) is 0 Å². The minimum Gasteiger partial charge on any atom is -0.481 e. The zero-order chi connectivity index (χ0) is 17.0. The fourth-order valence-electron chi connectivity index (χ4n) is 2.24. The molecule has 1 atom stereocenters. The molecule has 2 rings (SSSR count). The van der Waals surface area contributed by atoms with E-state index in [9.17, 15) is 4.79 Å². The standard InChI is InChI=1S/C18H24N2O2S/c1-12-5-7-13(8-6-12)15(9-16(21)22)19-10-14-11-20-17(23-14)18(2,3)4/h5-8,11,15,19H,9-10H2,1-4H3,(H,21,22). The number of carboxylic acids is 1. The first-order valence-corrected chi connectivity index (χ1v) is 8.54. The Hall–Kier alpha value is -1.72. The third-order valence-corrected chi connectivity index (χ3v) is 5.00. The van der Waals surface area contributed by atoms with E-state index in [1.54, 1.807) is 11.3 Å². The molecule has 2 N–H and O–H groups in total. The minimum absolute atomic E-state index is 0.0420. The number of carbonyl (C=O) groups is 1. The number of hydrogen-bond donors (Lipinski definition) is 2. The van der Waals surface area contributed by atoms with Crippen molar-refractivity contribution in [2.75, 3.05) is 0 Å². The van der Waals surface area contributed by atoms with Gasteiger partial charge in [0, 0.05) is 29.1 Å². The van der Waals surface area contributed by atoms with E-state index < -0.39 is 5.97 Å². The maximum Gasteiger partial charge on any atom is 0.305 e. The summed E-state index contributed by atoms with van der Waals surface area (Å²) in [6, 6.07) is 7.80. The van der Waals surface area contributed by atoms with E-state index in [2.05, 4.69) is 31.1 Å². The second-order valence-electron chi connectivity index (χ2n) is 6.82. The highest BCUT2D eigenvalue weighted by atomic mass is 32.1. The Morgan fingerprint density at radius 1 is 1.30 bits per heavy atom. The van der Waals surface area contributed by atoms with Gasteiger partial charge in [-0.25, -0.2) is 4.98 Å². The molecule has 0 aliphatic heterocycles. The van der Waals surface area contributed by atoms with Crippen LogP contribution in [0.4, 0.5) is 0 Å². The second kappa shape index (κ2) is 7.23. The van der Waals surface area contributed by atoms with E-state index in [1.807, 2.05) is 37.4 Å². The quantitative estimate of drug-likeness (QED) is 0.837. The van der Waals surface area contributed by atoms with Gasteiger partial charge in [0.2, 0.25) is 0 Å². The van der Waals surface area contributed by atoms with Crippen molar-refractivity contribution in [1.82, 2.24) is 10.3 Å². The molecule has 23 heavy (non-hydrogen) atoms. The van der Waals surface area contributed by atoms with Gasteiger partial charge in [-0.1, -0.05) is 50.6 Å². The number of aryl methyl sites for hydroxylation is 1. The maximum absolute atomic E-state index is 11.1. The van der Waals surface area contributed by atoms with Crippen molar-refractivity contribution in [3.8, 4) is 0 Å². The van der Waals surface area contributed by atoms with E-state index in [0.717, 1.165) is 15.4 Å².